The first kappa shape index (κ1) is 21.4. The Labute approximate surface area is 166 Å². The molecule has 1 unspecified atom stereocenters. The Bertz CT molecular complexity index is 839. The number of carbonyl (C=O) groups is 1. The average Bonchev–Trinajstić information content (AvgIpc) is 2.63. The highest BCUT2D eigenvalue weighted by molar-refractivity contribution is 5.92. The molecule has 1 aromatic carbocycles. The number of aryl methyl sites for hydroxylation is 2. The lowest BCUT2D eigenvalue weighted by Gasteiger charge is -2.27. The van der Waals surface area contributed by atoms with Crippen molar-refractivity contribution in [1.82, 2.24) is 0 Å². The van der Waals surface area contributed by atoms with E-state index in [4.69, 9.17) is 19.9 Å². The SMILES string of the molecule is CCCCOc1c(C)cc(C2C(C#N)=C(N)OC(C)=C2C(=O)OCC)cc1C. The van der Waals surface area contributed by atoms with Gasteiger partial charge in [-0.3, -0.25) is 0 Å². The maximum atomic E-state index is 12.6. The number of hydrogen-bond donors (Lipinski definition) is 1. The van der Waals surface area contributed by atoms with E-state index in [0.717, 1.165) is 35.3 Å². The third kappa shape index (κ3) is 4.30. The van der Waals surface area contributed by atoms with E-state index in [-0.39, 0.29) is 18.1 Å². The van der Waals surface area contributed by atoms with Crippen LogP contribution >= 0.6 is 0 Å². The summed E-state index contributed by atoms with van der Waals surface area (Å²) in [7, 11) is 0. The van der Waals surface area contributed by atoms with E-state index in [1.807, 2.05) is 26.0 Å². The number of esters is 1. The van der Waals surface area contributed by atoms with E-state index in [9.17, 15) is 10.1 Å². The zero-order chi connectivity index (χ0) is 20.8. The van der Waals surface area contributed by atoms with Gasteiger partial charge in [-0.2, -0.15) is 5.26 Å². The van der Waals surface area contributed by atoms with Crippen molar-refractivity contribution >= 4 is 5.97 Å². The lowest BCUT2D eigenvalue weighted by atomic mass is 9.82. The normalized spacial score (nSPS) is 16.5. The Morgan fingerprint density at radius 3 is 2.43 bits per heavy atom. The average molecular weight is 384 g/mol. The molecule has 1 atom stereocenters. The van der Waals surface area contributed by atoms with Crippen molar-refractivity contribution in [2.45, 2.75) is 53.4 Å². The summed E-state index contributed by atoms with van der Waals surface area (Å²) in [5.41, 5.74) is 9.11. The van der Waals surface area contributed by atoms with Gasteiger partial charge in [0.05, 0.1) is 24.7 Å². The molecule has 2 N–H and O–H groups in total. The van der Waals surface area contributed by atoms with Gasteiger partial charge in [-0.15, -0.1) is 0 Å². The van der Waals surface area contributed by atoms with Gasteiger partial charge < -0.3 is 19.9 Å². The smallest absolute Gasteiger partial charge is 0.338 e. The largest absolute Gasteiger partial charge is 0.493 e. The molecule has 0 amide bonds. The van der Waals surface area contributed by atoms with Crippen LogP contribution in [0.3, 0.4) is 0 Å². The van der Waals surface area contributed by atoms with Crippen molar-refractivity contribution in [2.75, 3.05) is 13.2 Å². The van der Waals surface area contributed by atoms with Crippen LogP contribution in [0.15, 0.2) is 34.9 Å². The number of benzene rings is 1. The fraction of sp³-hybridized carbons (Fsp3) is 0.455. The minimum atomic E-state index is -0.639. The predicted octanol–water partition coefficient (Wildman–Crippen LogP) is 4.13. The molecule has 0 aliphatic carbocycles. The van der Waals surface area contributed by atoms with Gasteiger partial charge in [0.2, 0.25) is 5.88 Å². The topological polar surface area (TPSA) is 94.6 Å². The Morgan fingerprint density at radius 2 is 1.89 bits per heavy atom. The Kier molecular flexibility index (Phi) is 7.11. The van der Waals surface area contributed by atoms with Crippen LogP contribution < -0.4 is 10.5 Å². The summed E-state index contributed by atoms with van der Waals surface area (Å²) in [6.07, 6.45) is 2.04. The molecule has 1 heterocycles. The van der Waals surface area contributed by atoms with Crippen molar-refractivity contribution in [3.8, 4) is 11.8 Å². The fourth-order valence-corrected chi connectivity index (χ4v) is 3.38. The first-order valence-corrected chi connectivity index (χ1v) is 9.55. The van der Waals surface area contributed by atoms with Crippen LogP contribution in [0.2, 0.25) is 0 Å². The highest BCUT2D eigenvalue weighted by Gasteiger charge is 2.36. The van der Waals surface area contributed by atoms with E-state index in [0.29, 0.717) is 17.9 Å². The summed E-state index contributed by atoms with van der Waals surface area (Å²) in [5.74, 6) is 0.0389. The molecule has 6 nitrogen and oxygen atoms in total. The summed E-state index contributed by atoms with van der Waals surface area (Å²) in [6, 6.07) is 5.97. The molecule has 1 aromatic rings. The second-order valence-corrected chi connectivity index (χ2v) is 6.80. The third-order valence-corrected chi connectivity index (χ3v) is 4.66. The number of allylic oxidation sites excluding steroid dienone is 2. The van der Waals surface area contributed by atoms with Crippen molar-refractivity contribution in [1.29, 1.82) is 5.26 Å². The van der Waals surface area contributed by atoms with Gasteiger partial charge in [0.25, 0.3) is 0 Å². The molecule has 0 fully saturated rings. The molecule has 2 rings (SSSR count). The summed E-state index contributed by atoms with van der Waals surface area (Å²) in [4.78, 5) is 12.6. The first-order chi connectivity index (χ1) is 13.3. The summed E-state index contributed by atoms with van der Waals surface area (Å²) in [5, 5.41) is 9.68. The second-order valence-electron chi connectivity index (χ2n) is 6.80. The number of carbonyl (C=O) groups excluding carboxylic acids is 1. The Balaban J connectivity index is 2.55. The van der Waals surface area contributed by atoms with Crippen LogP contribution in [0.4, 0.5) is 0 Å². The monoisotopic (exact) mass is 384 g/mol. The standard InChI is InChI=1S/C22H28N2O4/c1-6-8-9-27-20-13(3)10-16(11-14(20)4)19-17(12-23)21(24)28-15(5)18(19)22(25)26-7-2/h10-11,19H,6-9,24H2,1-5H3. The molecule has 0 saturated carbocycles. The number of nitrogens with two attached hydrogens (primary N) is 1. The number of nitriles is 1. The maximum Gasteiger partial charge on any atom is 0.338 e. The lowest BCUT2D eigenvalue weighted by molar-refractivity contribution is -0.139. The zero-order valence-corrected chi connectivity index (χ0v) is 17.2. The Morgan fingerprint density at radius 1 is 1.25 bits per heavy atom. The van der Waals surface area contributed by atoms with E-state index in [2.05, 4.69) is 13.0 Å². The second kappa shape index (κ2) is 9.32. The molecule has 0 spiro atoms. The molecule has 150 valence electrons. The van der Waals surface area contributed by atoms with Crippen molar-refractivity contribution in [2.24, 2.45) is 5.73 Å². The predicted molar refractivity (Wildman–Crippen MR) is 106 cm³/mol. The molecule has 6 heteroatoms. The molecule has 0 bridgehead atoms. The van der Waals surface area contributed by atoms with Crippen LogP contribution in [-0.2, 0) is 14.3 Å². The summed E-state index contributed by atoms with van der Waals surface area (Å²) in [6.45, 7) is 10.3. The Hall–Kier alpha value is -2.94. The molecular weight excluding hydrogens is 356 g/mol. The van der Waals surface area contributed by atoms with E-state index in [1.165, 1.54) is 0 Å². The van der Waals surface area contributed by atoms with Crippen LogP contribution in [-0.4, -0.2) is 19.2 Å². The molecule has 1 aliphatic heterocycles. The molecule has 0 radical (unpaired) electrons. The van der Waals surface area contributed by atoms with E-state index in [1.54, 1.807) is 13.8 Å². The van der Waals surface area contributed by atoms with Crippen LogP contribution in [0.1, 0.15) is 56.2 Å². The summed E-state index contributed by atoms with van der Waals surface area (Å²) >= 11 is 0. The highest BCUT2D eigenvalue weighted by atomic mass is 16.5. The fourth-order valence-electron chi connectivity index (χ4n) is 3.38. The summed E-state index contributed by atoms with van der Waals surface area (Å²) < 4.78 is 16.6. The van der Waals surface area contributed by atoms with Gasteiger partial charge in [0, 0.05) is 0 Å². The number of rotatable bonds is 7. The number of nitrogens with zero attached hydrogens (tertiary/aromatic N) is 1. The van der Waals surface area contributed by atoms with Crippen molar-refractivity contribution in [3.05, 3.63) is 51.6 Å². The maximum absolute atomic E-state index is 12.6. The number of hydrogen-bond acceptors (Lipinski definition) is 6. The number of unbranched alkanes of at least 4 members (excludes halogenated alkanes) is 1. The van der Waals surface area contributed by atoms with Crippen LogP contribution in [0.25, 0.3) is 0 Å². The van der Waals surface area contributed by atoms with Gasteiger partial charge in [-0.25, -0.2) is 4.79 Å². The third-order valence-electron chi connectivity index (χ3n) is 4.66. The van der Waals surface area contributed by atoms with Gasteiger partial charge in [-0.05, 0) is 50.8 Å². The first-order valence-electron chi connectivity index (χ1n) is 9.55. The van der Waals surface area contributed by atoms with E-state index >= 15 is 0 Å². The molecule has 1 aliphatic rings. The van der Waals surface area contributed by atoms with E-state index < -0.39 is 11.9 Å². The zero-order valence-electron chi connectivity index (χ0n) is 17.2. The lowest BCUT2D eigenvalue weighted by Crippen LogP contribution is -2.25. The highest BCUT2D eigenvalue weighted by Crippen LogP contribution is 2.41. The minimum Gasteiger partial charge on any atom is -0.493 e. The molecule has 28 heavy (non-hydrogen) atoms. The quantitative estimate of drug-likeness (QED) is 0.561. The van der Waals surface area contributed by atoms with Gasteiger partial charge >= 0.3 is 5.97 Å². The van der Waals surface area contributed by atoms with Gasteiger partial charge in [0.15, 0.2) is 0 Å². The molecular formula is C22H28N2O4. The van der Waals surface area contributed by atoms with Gasteiger partial charge in [0.1, 0.15) is 23.2 Å². The van der Waals surface area contributed by atoms with Gasteiger partial charge in [-0.1, -0.05) is 25.5 Å². The minimum absolute atomic E-state index is 0.0108. The molecule has 0 saturated heterocycles. The van der Waals surface area contributed by atoms with Crippen LogP contribution in [0.5, 0.6) is 5.75 Å². The number of ether oxygens (including phenoxy) is 3. The van der Waals surface area contributed by atoms with Crippen LogP contribution in [0, 0.1) is 25.2 Å². The van der Waals surface area contributed by atoms with Crippen molar-refractivity contribution < 1.29 is 19.0 Å². The van der Waals surface area contributed by atoms with Crippen molar-refractivity contribution in [3.63, 3.8) is 0 Å². The molecule has 0 aromatic heterocycles.